The summed E-state index contributed by atoms with van der Waals surface area (Å²) in [5.74, 6) is 0.417. The second-order valence-corrected chi connectivity index (χ2v) is 6.06. The third kappa shape index (κ3) is 3.98. The maximum Gasteiger partial charge on any atom is 0.123 e. The summed E-state index contributed by atoms with van der Waals surface area (Å²) in [5, 5.41) is 3.82. The van der Waals surface area contributed by atoms with Crippen molar-refractivity contribution in [2.24, 2.45) is 0 Å². The molecule has 2 aromatic carbocycles. The average molecular weight is 310 g/mol. The predicted molar refractivity (Wildman–Crippen MR) is 84.9 cm³/mol. The Labute approximate surface area is 128 Å². The van der Waals surface area contributed by atoms with Crippen molar-refractivity contribution in [3.63, 3.8) is 0 Å². The molecule has 0 saturated carbocycles. The maximum atomic E-state index is 13.2. The van der Waals surface area contributed by atoms with Crippen molar-refractivity contribution in [2.45, 2.75) is 23.6 Å². The molecule has 1 nitrogen and oxygen atoms in total. The van der Waals surface area contributed by atoms with Gasteiger partial charge in [-0.1, -0.05) is 23.7 Å². The second-order valence-electron chi connectivity index (χ2n) is 4.60. The molecule has 0 saturated heterocycles. The summed E-state index contributed by atoms with van der Waals surface area (Å²) in [5.41, 5.74) is 2.07. The highest BCUT2D eigenvalue weighted by Crippen LogP contribution is 2.28. The van der Waals surface area contributed by atoms with E-state index in [0.717, 1.165) is 10.5 Å². The van der Waals surface area contributed by atoms with Gasteiger partial charge in [-0.3, -0.25) is 0 Å². The molecule has 0 spiro atoms. The third-order valence-corrected chi connectivity index (χ3v) is 4.64. The van der Waals surface area contributed by atoms with Crippen LogP contribution in [0.5, 0.6) is 0 Å². The van der Waals surface area contributed by atoms with Crippen molar-refractivity contribution in [3.8, 4) is 0 Å². The first-order chi connectivity index (χ1) is 9.60. The molecule has 0 bridgehead atoms. The average Bonchev–Trinajstić information content (AvgIpc) is 2.48. The number of hydrogen-bond acceptors (Lipinski definition) is 2. The molecule has 0 aliphatic heterocycles. The lowest BCUT2D eigenvalue weighted by Crippen LogP contribution is -2.11. The first kappa shape index (κ1) is 15.4. The van der Waals surface area contributed by atoms with Gasteiger partial charge in [0, 0.05) is 21.7 Å². The SMILES string of the molecule is CNC(C)c1ccc(SCc2cc(F)ccc2Cl)cc1. The van der Waals surface area contributed by atoms with Crippen LogP contribution in [0.2, 0.25) is 5.02 Å². The van der Waals surface area contributed by atoms with Gasteiger partial charge in [0.1, 0.15) is 5.82 Å². The second kappa shape index (κ2) is 7.11. The monoisotopic (exact) mass is 309 g/mol. The van der Waals surface area contributed by atoms with E-state index in [1.165, 1.54) is 17.7 Å². The summed E-state index contributed by atoms with van der Waals surface area (Å²) in [6.07, 6.45) is 0. The van der Waals surface area contributed by atoms with Crippen LogP contribution < -0.4 is 5.32 Å². The fourth-order valence-electron chi connectivity index (χ4n) is 1.83. The van der Waals surface area contributed by atoms with Gasteiger partial charge in [0.05, 0.1) is 0 Å². The Balaban J connectivity index is 2.02. The maximum absolute atomic E-state index is 13.2. The molecule has 106 valence electrons. The van der Waals surface area contributed by atoms with Crippen LogP contribution in [-0.2, 0) is 5.75 Å². The van der Waals surface area contributed by atoms with Gasteiger partial charge in [-0.2, -0.15) is 0 Å². The Kier molecular flexibility index (Phi) is 5.46. The summed E-state index contributed by atoms with van der Waals surface area (Å²) in [6, 6.07) is 13.2. The zero-order valence-electron chi connectivity index (χ0n) is 11.5. The molecule has 0 aliphatic rings. The fourth-order valence-corrected chi connectivity index (χ4v) is 2.99. The van der Waals surface area contributed by atoms with Crippen molar-refractivity contribution in [1.82, 2.24) is 5.32 Å². The highest BCUT2D eigenvalue weighted by molar-refractivity contribution is 7.98. The standard InChI is InChI=1S/C16H17ClFNS/c1-11(19-2)12-3-6-15(7-4-12)20-10-13-9-14(18)5-8-16(13)17/h3-9,11,19H,10H2,1-2H3. The van der Waals surface area contributed by atoms with Crippen molar-refractivity contribution in [3.05, 3.63) is 64.4 Å². The fraction of sp³-hybridized carbons (Fsp3) is 0.250. The van der Waals surface area contributed by atoms with Gasteiger partial charge < -0.3 is 5.32 Å². The molecular formula is C16H17ClFNS. The smallest absolute Gasteiger partial charge is 0.123 e. The molecule has 1 unspecified atom stereocenters. The zero-order chi connectivity index (χ0) is 14.5. The molecule has 0 aromatic heterocycles. The number of benzene rings is 2. The number of rotatable bonds is 5. The van der Waals surface area contributed by atoms with Gasteiger partial charge in [-0.15, -0.1) is 11.8 Å². The molecule has 0 aliphatic carbocycles. The van der Waals surface area contributed by atoms with E-state index >= 15 is 0 Å². The van der Waals surface area contributed by atoms with Crippen LogP contribution in [-0.4, -0.2) is 7.05 Å². The lowest BCUT2D eigenvalue weighted by Gasteiger charge is -2.11. The highest BCUT2D eigenvalue weighted by Gasteiger charge is 2.05. The third-order valence-electron chi connectivity index (χ3n) is 3.22. The van der Waals surface area contributed by atoms with Crippen molar-refractivity contribution < 1.29 is 4.39 Å². The quantitative estimate of drug-likeness (QED) is 0.775. The van der Waals surface area contributed by atoms with Crippen LogP contribution in [0, 0.1) is 5.82 Å². The van der Waals surface area contributed by atoms with Gasteiger partial charge in [0.15, 0.2) is 0 Å². The van der Waals surface area contributed by atoms with E-state index in [-0.39, 0.29) is 5.82 Å². The summed E-state index contributed by atoms with van der Waals surface area (Å²) in [7, 11) is 1.94. The van der Waals surface area contributed by atoms with Crippen molar-refractivity contribution in [2.75, 3.05) is 7.05 Å². The molecule has 1 atom stereocenters. The summed E-state index contributed by atoms with van der Waals surface area (Å²) >= 11 is 7.71. The largest absolute Gasteiger partial charge is 0.313 e. The van der Waals surface area contributed by atoms with Gasteiger partial charge in [-0.25, -0.2) is 4.39 Å². The van der Waals surface area contributed by atoms with E-state index in [9.17, 15) is 4.39 Å². The van der Waals surface area contributed by atoms with Crippen LogP contribution >= 0.6 is 23.4 Å². The van der Waals surface area contributed by atoms with Crippen LogP contribution in [0.15, 0.2) is 47.4 Å². The Hall–Kier alpha value is -1.03. The Bertz CT molecular complexity index is 571. The molecule has 20 heavy (non-hydrogen) atoms. The van der Waals surface area contributed by atoms with E-state index in [1.54, 1.807) is 17.8 Å². The predicted octanol–water partition coefficient (Wildman–Crippen LogP) is 5.05. The molecule has 0 fully saturated rings. The Morgan fingerprint density at radius 1 is 1.20 bits per heavy atom. The summed E-state index contributed by atoms with van der Waals surface area (Å²) < 4.78 is 13.2. The molecular weight excluding hydrogens is 293 g/mol. The molecule has 0 radical (unpaired) electrons. The number of thioether (sulfide) groups is 1. The van der Waals surface area contributed by atoms with E-state index in [1.807, 2.05) is 7.05 Å². The van der Waals surface area contributed by atoms with Gasteiger partial charge in [-0.05, 0) is 55.4 Å². The van der Waals surface area contributed by atoms with E-state index in [0.29, 0.717) is 16.8 Å². The highest BCUT2D eigenvalue weighted by atomic mass is 35.5. The van der Waals surface area contributed by atoms with Crippen LogP contribution in [0.1, 0.15) is 24.1 Å². The zero-order valence-corrected chi connectivity index (χ0v) is 13.1. The number of nitrogens with one attached hydrogen (secondary N) is 1. The number of hydrogen-bond donors (Lipinski definition) is 1. The number of halogens is 2. The first-order valence-electron chi connectivity index (χ1n) is 6.44. The molecule has 0 heterocycles. The van der Waals surface area contributed by atoms with Crippen LogP contribution in [0.25, 0.3) is 0 Å². The van der Waals surface area contributed by atoms with Gasteiger partial charge in [0.25, 0.3) is 0 Å². The van der Waals surface area contributed by atoms with E-state index in [4.69, 9.17) is 11.6 Å². The van der Waals surface area contributed by atoms with E-state index in [2.05, 4.69) is 36.5 Å². The molecule has 2 rings (SSSR count). The van der Waals surface area contributed by atoms with E-state index < -0.39 is 0 Å². The minimum Gasteiger partial charge on any atom is -0.313 e. The van der Waals surface area contributed by atoms with Gasteiger partial charge in [0.2, 0.25) is 0 Å². The van der Waals surface area contributed by atoms with Crippen LogP contribution in [0.4, 0.5) is 4.39 Å². The first-order valence-corrected chi connectivity index (χ1v) is 7.80. The lowest BCUT2D eigenvalue weighted by atomic mass is 10.1. The van der Waals surface area contributed by atoms with Crippen LogP contribution in [0.3, 0.4) is 0 Å². The normalized spacial score (nSPS) is 12.4. The van der Waals surface area contributed by atoms with Gasteiger partial charge >= 0.3 is 0 Å². The van der Waals surface area contributed by atoms with Crippen molar-refractivity contribution in [1.29, 1.82) is 0 Å². The minimum absolute atomic E-state index is 0.247. The Morgan fingerprint density at radius 2 is 1.90 bits per heavy atom. The Morgan fingerprint density at radius 3 is 2.55 bits per heavy atom. The molecule has 4 heteroatoms. The summed E-state index contributed by atoms with van der Waals surface area (Å²) in [6.45, 7) is 2.12. The summed E-state index contributed by atoms with van der Waals surface area (Å²) in [4.78, 5) is 1.15. The minimum atomic E-state index is -0.247. The topological polar surface area (TPSA) is 12.0 Å². The van der Waals surface area contributed by atoms with Crippen molar-refractivity contribution >= 4 is 23.4 Å². The molecule has 2 aromatic rings. The lowest BCUT2D eigenvalue weighted by molar-refractivity contribution is 0.626. The molecule has 0 amide bonds. The molecule has 1 N–H and O–H groups in total.